The van der Waals surface area contributed by atoms with E-state index in [1.54, 1.807) is 18.3 Å². The van der Waals surface area contributed by atoms with Gasteiger partial charge in [-0.25, -0.2) is 4.68 Å². The van der Waals surface area contributed by atoms with Crippen LogP contribution in [0.2, 0.25) is 0 Å². The molecule has 1 atom stereocenters. The van der Waals surface area contributed by atoms with Crippen LogP contribution in [-0.2, 0) is 6.54 Å². The van der Waals surface area contributed by atoms with Crippen molar-refractivity contribution in [3.8, 4) is 0 Å². The number of hydrogen-bond donors (Lipinski definition) is 1. The molecule has 7 heteroatoms. The molecule has 1 aliphatic heterocycles. The van der Waals surface area contributed by atoms with Crippen LogP contribution < -0.4 is 5.32 Å². The van der Waals surface area contributed by atoms with Crippen LogP contribution in [0.25, 0.3) is 0 Å². The molecule has 0 radical (unpaired) electrons. The summed E-state index contributed by atoms with van der Waals surface area (Å²) in [5, 5.41) is 7.48. The first kappa shape index (κ1) is 18.0. The van der Waals surface area contributed by atoms with Gasteiger partial charge in [0.2, 0.25) is 0 Å². The molecule has 1 fully saturated rings. The number of benzene rings is 1. The molecule has 6 nitrogen and oxygen atoms in total. The Labute approximate surface area is 166 Å². The van der Waals surface area contributed by atoms with Crippen molar-refractivity contribution in [2.75, 3.05) is 18.4 Å². The zero-order valence-electron chi connectivity index (χ0n) is 15.1. The average Bonchev–Trinajstić information content (AvgIpc) is 3.38. The lowest BCUT2D eigenvalue weighted by Crippen LogP contribution is -2.23. The first-order chi connectivity index (χ1) is 13.1. The number of aromatic nitrogens is 2. The Morgan fingerprint density at radius 1 is 1.30 bits per heavy atom. The standard InChI is InChI=1S/C20H21BrN4O2/c1-14-11-22-25(19(14)23-20(26)17-7-8-18(21)27-17)16-9-10-24(13-16)12-15-5-3-2-4-6-15/h2-8,11,16H,9-10,12-13H2,1H3,(H,23,26). The third-order valence-electron chi connectivity index (χ3n) is 4.85. The van der Waals surface area contributed by atoms with Crippen molar-refractivity contribution < 1.29 is 9.21 Å². The summed E-state index contributed by atoms with van der Waals surface area (Å²) in [5.41, 5.74) is 2.25. The van der Waals surface area contributed by atoms with E-state index in [1.165, 1.54) is 5.56 Å². The Balaban J connectivity index is 1.46. The van der Waals surface area contributed by atoms with Gasteiger partial charge in [0.05, 0.1) is 12.2 Å². The van der Waals surface area contributed by atoms with Crippen molar-refractivity contribution in [2.45, 2.75) is 25.9 Å². The normalized spacial score (nSPS) is 17.3. The van der Waals surface area contributed by atoms with Crippen molar-refractivity contribution in [3.05, 3.63) is 70.2 Å². The van der Waals surface area contributed by atoms with E-state index in [1.807, 2.05) is 17.7 Å². The molecule has 140 valence electrons. The van der Waals surface area contributed by atoms with Gasteiger partial charge in [0.1, 0.15) is 5.82 Å². The Morgan fingerprint density at radius 2 is 2.11 bits per heavy atom. The molecule has 0 spiro atoms. The lowest BCUT2D eigenvalue weighted by Gasteiger charge is -2.18. The summed E-state index contributed by atoms with van der Waals surface area (Å²) in [4.78, 5) is 14.9. The monoisotopic (exact) mass is 428 g/mol. The molecule has 3 heterocycles. The maximum absolute atomic E-state index is 12.5. The first-order valence-electron chi connectivity index (χ1n) is 8.97. The van der Waals surface area contributed by atoms with E-state index in [4.69, 9.17) is 4.42 Å². The van der Waals surface area contributed by atoms with E-state index in [9.17, 15) is 4.79 Å². The van der Waals surface area contributed by atoms with Crippen molar-refractivity contribution in [1.29, 1.82) is 0 Å². The molecular weight excluding hydrogens is 408 g/mol. The third kappa shape index (κ3) is 3.99. The maximum atomic E-state index is 12.5. The fraction of sp³-hybridized carbons (Fsp3) is 0.300. The summed E-state index contributed by atoms with van der Waals surface area (Å²) in [6.45, 7) is 4.80. The highest BCUT2D eigenvalue weighted by molar-refractivity contribution is 9.10. The maximum Gasteiger partial charge on any atom is 0.292 e. The summed E-state index contributed by atoms with van der Waals surface area (Å²) in [6, 6.07) is 14.1. The van der Waals surface area contributed by atoms with E-state index in [2.05, 4.69) is 55.5 Å². The fourth-order valence-electron chi connectivity index (χ4n) is 3.48. The van der Waals surface area contributed by atoms with E-state index in [-0.39, 0.29) is 17.7 Å². The van der Waals surface area contributed by atoms with Crippen LogP contribution in [-0.4, -0.2) is 33.7 Å². The summed E-state index contributed by atoms with van der Waals surface area (Å²) in [7, 11) is 0. The van der Waals surface area contributed by atoms with Gasteiger partial charge in [-0.1, -0.05) is 30.3 Å². The summed E-state index contributed by atoms with van der Waals surface area (Å²) >= 11 is 3.23. The zero-order chi connectivity index (χ0) is 18.8. The van der Waals surface area contributed by atoms with E-state index in [0.717, 1.165) is 37.4 Å². The van der Waals surface area contributed by atoms with Crippen molar-refractivity contribution in [3.63, 3.8) is 0 Å². The molecule has 27 heavy (non-hydrogen) atoms. The molecule has 4 rings (SSSR count). The minimum absolute atomic E-state index is 0.237. The molecule has 0 saturated carbocycles. The number of aryl methyl sites for hydroxylation is 1. The molecule has 1 aromatic carbocycles. The molecule has 1 amide bonds. The highest BCUT2D eigenvalue weighted by atomic mass is 79.9. The lowest BCUT2D eigenvalue weighted by atomic mass is 10.2. The minimum Gasteiger partial charge on any atom is -0.444 e. The van der Waals surface area contributed by atoms with Crippen LogP contribution in [0.1, 0.15) is 34.1 Å². The predicted molar refractivity (Wildman–Crippen MR) is 107 cm³/mol. The predicted octanol–water partition coefficient (Wildman–Crippen LogP) is 4.25. The second-order valence-electron chi connectivity index (χ2n) is 6.84. The topological polar surface area (TPSA) is 63.3 Å². The van der Waals surface area contributed by atoms with Crippen LogP contribution in [0.15, 0.2) is 57.7 Å². The van der Waals surface area contributed by atoms with Crippen LogP contribution in [0.3, 0.4) is 0 Å². The molecule has 1 unspecified atom stereocenters. The quantitative estimate of drug-likeness (QED) is 0.659. The zero-order valence-corrected chi connectivity index (χ0v) is 16.6. The number of likely N-dealkylation sites (tertiary alicyclic amines) is 1. The third-order valence-corrected chi connectivity index (χ3v) is 5.28. The number of furan rings is 1. The molecule has 2 aromatic heterocycles. The number of carbonyl (C=O) groups excluding carboxylic acids is 1. The van der Waals surface area contributed by atoms with Crippen molar-refractivity contribution >= 4 is 27.7 Å². The molecule has 0 aliphatic carbocycles. The molecule has 3 aromatic rings. The number of anilines is 1. The highest BCUT2D eigenvalue weighted by Gasteiger charge is 2.27. The molecule has 1 aliphatic rings. The largest absolute Gasteiger partial charge is 0.444 e. The van der Waals surface area contributed by atoms with Crippen LogP contribution in [0.5, 0.6) is 0 Å². The Hall–Kier alpha value is -2.38. The minimum atomic E-state index is -0.273. The van der Waals surface area contributed by atoms with Gasteiger partial charge >= 0.3 is 0 Å². The smallest absolute Gasteiger partial charge is 0.292 e. The van der Waals surface area contributed by atoms with Crippen molar-refractivity contribution in [1.82, 2.24) is 14.7 Å². The van der Waals surface area contributed by atoms with Crippen molar-refractivity contribution in [2.24, 2.45) is 0 Å². The number of rotatable bonds is 5. The fourth-order valence-corrected chi connectivity index (χ4v) is 3.79. The number of hydrogen-bond acceptors (Lipinski definition) is 4. The number of carbonyl (C=O) groups is 1. The lowest BCUT2D eigenvalue weighted by molar-refractivity contribution is 0.0994. The number of nitrogens with one attached hydrogen (secondary N) is 1. The Kier molecular flexibility index (Phi) is 5.13. The van der Waals surface area contributed by atoms with Gasteiger partial charge in [0.15, 0.2) is 10.4 Å². The van der Waals surface area contributed by atoms with Gasteiger partial charge in [0, 0.05) is 25.2 Å². The van der Waals surface area contributed by atoms with E-state index < -0.39 is 0 Å². The molecule has 1 saturated heterocycles. The second kappa shape index (κ2) is 7.70. The summed E-state index contributed by atoms with van der Waals surface area (Å²) in [6.07, 6.45) is 2.80. The van der Waals surface area contributed by atoms with E-state index >= 15 is 0 Å². The Morgan fingerprint density at radius 3 is 2.85 bits per heavy atom. The second-order valence-corrected chi connectivity index (χ2v) is 7.62. The summed E-state index contributed by atoms with van der Waals surface area (Å²) in [5.74, 6) is 0.731. The first-order valence-corrected chi connectivity index (χ1v) is 9.76. The van der Waals surface area contributed by atoms with Crippen LogP contribution in [0.4, 0.5) is 5.82 Å². The average molecular weight is 429 g/mol. The SMILES string of the molecule is Cc1cnn(C2CCN(Cc3ccccc3)C2)c1NC(=O)c1ccc(Br)o1. The number of nitrogens with zero attached hydrogens (tertiary/aromatic N) is 3. The molecule has 1 N–H and O–H groups in total. The highest BCUT2D eigenvalue weighted by Crippen LogP contribution is 2.28. The van der Waals surface area contributed by atoms with Crippen LogP contribution in [0, 0.1) is 6.92 Å². The van der Waals surface area contributed by atoms with Gasteiger partial charge in [-0.05, 0) is 47.0 Å². The number of halogens is 1. The van der Waals surface area contributed by atoms with Gasteiger partial charge < -0.3 is 9.73 Å². The molecular formula is C20H21BrN4O2. The molecule has 0 bridgehead atoms. The van der Waals surface area contributed by atoms with Gasteiger partial charge in [-0.2, -0.15) is 5.10 Å². The van der Waals surface area contributed by atoms with E-state index in [0.29, 0.717) is 4.67 Å². The van der Waals surface area contributed by atoms with Gasteiger partial charge in [-0.15, -0.1) is 0 Å². The van der Waals surface area contributed by atoms with Gasteiger partial charge in [0.25, 0.3) is 5.91 Å². The Bertz CT molecular complexity index is 935. The van der Waals surface area contributed by atoms with Gasteiger partial charge in [-0.3, -0.25) is 9.69 Å². The van der Waals surface area contributed by atoms with Crippen LogP contribution >= 0.6 is 15.9 Å². The summed E-state index contributed by atoms with van der Waals surface area (Å²) < 4.78 is 7.82. The number of amides is 1.